The first-order valence-corrected chi connectivity index (χ1v) is 13.6. The highest BCUT2D eigenvalue weighted by Crippen LogP contribution is 2.68. The van der Waals surface area contributed by atoms with Gasteiger partial charge in [0.1, 0.15) is 0 Å². The molecule has 4 rings (SSSR count). The van der Waals surface area contributed by atoms with Crippen LogP contribution in [0.2, 0.25) is 0 Å². The van der Waals surface area contributed by atoms with Crippen LogP contribution in [0.4, 0.5) is 0 Å². The molecule has 4 aliphatic carbocycles. The Balaban J connectivity index is 1.52. The van der Waals surface area contributed by atoms with Crippen molar-refractivity contribution in [1.82, 2.24) is 0 Å². The minimum atomic E-state index is -0.659. The van der Waals surface area contributed by atoms with Crippen LogP contribution in [0.3, 0.4) is 0 Å². The predicted octanol–water partition coefficient (Wildman–Crippen LogP) is 4.63. The third-order valence-corrected chi connectivity index (χ3v) is 11.9. The van der Waals surface area contributed by atoms with Crippen LogP contribution in [0, 0.1) is 58.2 Å². The molecule has 4 heteroatoms. The van der Waals surface area contributed by atoms with Gasteiger partial charge in [0.25, 0.3) is 0 Å². The molecule has 0 unspecified atom stereocenters. The number of aliphatic hydroxyl groups excluding tert-OH is 4. The molecule has 186 valence electrons. The van der Waals surface area contributed by atoms with Crippen LogP contribution in [-0.2, 0) is 0 Å². The number of hydrogen-bond donors (Lipinski definition) is 4. The van der Waals surface area contributed by atoms with Crippen LogP contribution < -0.4 is 0 Å². The first kappa shape index (κ1) is 24.9. The van der Waals surface area contributed by atoms with E-state index >= 15 is 0 Å². The fourth-order valence-corrected chi connectivity index (χ4v) is 9.43. The highest BCUT2D eigenvalue weighted by Gasteiger charge is 2.62. The van der Waals surface area contributed by atoms with E-state index in [9.17, 15) is 20.4 Å². The van der Waals surface area contributed by atoms with Gasteiger partial charge in [-0.3, -0.25) is 0 Å². The fraction of sp³-hybridized carbons (Fsp3) is 1.00. The molecule has 0 spiro atoms. The van der Waals surface area contributed by atoms with E-state index in [0.717, 1.165) is 19.3 Å². The van der Waals surface area contributed by atoms with Gasteiger partial charge in [0.05, 0.1) is 24.4 Å². The van der Waals surface area contributed by atoms with Crippen molar-refractivity contribution >= 4 is 0 Å². The second-order valence-corrected chi connectivity index (χ2v) is 13.4. The molecule has 0 aromatic rings. The van der Waals surface area contributed by atoms with E-state index in [2.05, 4.69) is 41.5 Å². The highest BCUT2D eigenvalue weighted by molar-refractivity contribution is 5.11. The molecule has 4 aliphatic rings. The van der Waals surface area contributed by atoms with Gasteiger partial charge in [0.2, 0.25) is 0 Å². The van der Waals surface area contributed by atoms with Gasteiger partial charge >= 0.3 is 0 Å². The Labute approximate surface area is 196 Å². The number of rotatable bonds is 5. The Morgan fingerprint density at radius 2 is 1.41 bits per heavy atom. The standard InChI is InChI=1S/C28H50O4/c1-15(2)16(3)25(31)26(32)17(4)20-9-10-21-19-8-7-18-13-23(29)24(30)14-28(18,6)22(19)11-12-27(20,21)5/h15-26,29-32H,7-14H2,1-6H3/t16-,17-,18+,19+,20+,21-,22-,23+,24+,25+,26+,27+,28+/m0/s1. The predicted molar refractivity (Wildman–Crippen MR) is 128 cm³/mol. The lowest BCUT2D eigenvalue weighted by molar-refractivity contribution is -0.163. The minimum Gasteiger partial charge on any atom is -0.390 e. The zero-order valence-electron chi connectivity index (χ0n) is 21.4. The van der Waals surface area contributed by atoms with E-state index in [0.29, 0.717) is 35.5 Å². The third-order valence-electron chi connectivity index (χ3n) is 11.9. The molecule has 4 N–H and O–H groups in total. The van der Waals surface area contributed by atoms with Gasteiger partial charge in [0, 0.05) is 0 Å². The summed E-state index contributed by atoms with van der Waals surface area (Å²) in [6, 6.07) is 0. The lowest BCUT2D eigenvalue weighted by atomic mass is 9.44. The summed E-state index contributed by atoms with van der Waals surface area (Å²) < 4.78 is 0. The van der Waals surface area contributed by atoms with Crippen LogP contribution in [-0.4, -0.2) is 44.8 Å². The van der Waals surface area contributed by atoms with Crippen molar-refractivity contribution in [2.24, 2.45) is 58.2 Å². The lowest BCUT2D eigenvalue weighted by Gasteiger charge is -2.61. The monoisotopic (exact) mass is 450 g/mol. The summed E-state index contributed by atoms with van der Waals surface area (Å²) in [6.07, 6.45) is 6.31. The van der Waals surface area contributed by atoms with Crippen molar-refractivity contribution in [2.75, 3.05) is 0 Å². The molecule has 0 radical (unpaired) electrons. The highest BCUT2D eigenvalue weighted by atomic mass is 16.3. The van der Waals surface area contributed by atoms with Crippen LogP contribution in [0.1, 0.15) is 92.9 Å². The van der Waals surface area contributed by atoms with Crippen LogP contribution in [0.15, 0.2) is 0 Å². The van der Waals surface area contributed by atoms with Crippen molar-refractivity contribution in [3.8, 4) is 0 Å². The Hall–Kier alpha value is -0.160. The minimum absolute atomic E-state index is 0.0940. The first-order chi connectivity index (χ1) is 14.9. The van der Waals surface area contributed by atoms with E-state index in [-0.39, 0.29) is 22.7 Å². The average molecular weight is 451 g/mol. The van der Waals surface area contributed by atoms with Crippen LogP contribution in [0.25, 0.3) is 0 Å². The number of hydrogen-bond acceptors (Lipinski definition) is 4. The summed E-state index contributed by atoms with van der Waals surface area (Å²) in [5.74, 6) is 3.59. The summed E-state index contributed by atoms with van der Waals surface area (Å²) in [5, 5.41) is 42.8. The Bertz CT molecular complexity index is 666. The molecule has 13 atom stereocenters. The maximum absolute atomic E-state index is 11.2. The molecule has 0 heterocycles. The molecule has 0 bridgehead atoms. The summed E-state index contributed by atoms with van der Waals surface area (Å²) in [5.41, 5.74) is 0.382. The normalized spacial score (nSPS) is 50.2. The molecular formula is C28H50O4. The average Bonchev–Trinajstić information content (AvgIpc) is 3.09. The van der Waals surface area contributed by atoms with Gasteiger partial charge in [-0.2, -0.15) is 0 Å². The number of aliphatic hydroxyl groups is 4. The van der Waals surface area contributed by atoms with E-state index in [4.69, 9.17) is 0 Å². The van der Waals surface area contributed by atoms with Crippen molar-refractivity contribution in [3.05, 3.63) is 0 Å². The molecule has 4 nitrogen and oxygen atoms in total. The quantitative estimate of drug-likeness (QED) is 0.492. The van der Waals surface area contributed by atoms with E-state index in [1.807, 2.05) is 0 Å². The van der Waals surface area contributed by atoms with E-state index in [1.54, 1.807) is 0 Å². The summed E-state index contributed by atoms with van der Waals surface area (Å²) in [6.45, 7) is 13.4. The largest absolute Gasteiger partial charge is 0.390 e. The van der Waals surface area contributed by atoms with Crippen molar-refractivity contribution in [1.29, 1.82) is 0 Å². The maximum atomic E-state index is 11.2. The third kappa shape index (κ3) is 3.80. The molecule has 4 saturated carbocycles. The summed E-state index contributed by atoms with van der Waals surface area (Å²) in [4.78, 5) is 0. The molecule has 0 aliphatic heterocycles. The van der Waals surface area contributed by atoms with Gasteiger partial charge < -0.3 is 20.4 Å². The van der Waals surface area contributed by atoms with Crippen molar-refractivity contribution in [3.63, 3.8) is 0 Å². The molecular weight excluding hydrogens is 400 g/mol. The molecule has 0 aromatic heterocycles. The number of fused-ring (bicyclic) bond motifs is 5. The zero-order valence-corrected chi connectivity index (χ0v) is 21.4. The Morgan fingerprint density at radius 1 is 0.750 bits per heavy atom. The lowest BCUT2D eigenvalue weighted by Crippen LogP contribution is -2.57. The van der Waals surface area contributed by atoms with Crippen LogP contribution in [0.5, 0.6) is 0 Å². The SMILES string of the molecule is CC(C)[C@H](C)[C@@H](O)[C@H](O)[C@@H](C)[C@H]1CC[C@H]2[C@H]3CC[C@@H]4C[C@@H](O)[C@H](O)C[C@@]4(C)[C@H]3CC[C@]12C. The van der Waals surface area contributed by atoms with Crippen LogP contribution >= 0.6 is 0 Å². The van der Waals surface area contributed by atoms with Crippen molar-refractivity contribution in [2.45, 2.75) is 117 Å². The molecule has 32 heavy (non-hydrogen) atoms. The Kier molecular flexibility index (Phi) is 6.87. The van der Waals surface area contributed by atoms with Gasteiger partial charge in [0.15, 0.2) is 0 Å². The van der Waals surface area contributed by atoms with Gasteiger partial charge in [-0.25, -0.2) is 0 Å². The van der Waals surface area contributed by atoms with E-state index in [1.165, 1.54) is 32.1 Å². The first-order valence-electron chi connectivity index (χ1n) is 13.6. The summed E-state index contributed by atoms with van der Waals surface area (Å²) >= 11 is 0. The smallest absolute Gasteiger partial charge is 0.0830 e. The summed E-state index contributed by atoms with van der Waals surface area (Å²) in [7, 11) is 0. The zero-order chi connectivity index (χ0) is 23.6. The molecule has 0 aromatic carbocycles. The topological polar surface area (TPSA) is 80.9 Å². The van der Waals surface area contributed by atoms with Gasteiger partial charge in [-0.1, -0.05) is 41.5 Å². The van der Waals surface area contributed by atoms with Gasteiger partial charge in [-0.05, 0) is 110 Å². The fourth-order valence-electron chi connectivity index (χ4n) is 9.43. The second kappa shape index (κ2) is 8.81. The molecule has 0 saturated heterocycles. The Morgan fingerprint density at radius 3 is 2.06 bits per heavy atom. The molecule has 4 fully saturated rings. The van der Waals surface area contributed by atoms with E-state index < -0.39 is 24.4 Å². The van der Waals surface area contributed by atoms with Crippen molar-refractivity contribution < 1.29 is 20.4 Å². The molecule has 0 amide bonds. The maximum Gasteiger partial charge on any atom is 0.0830 e. The van der Waals surface area contributed by atoms with Gasteiger partial charge in [-0.15, -0.1) is 0 Å². The second-order valence-electron chi connectivity index (χ2n) is 13.4.